The summed E-state index contributed by atoms with van der Waals surface area (Å²) in [6.07, 6.45) is 0.807. The zero-order valence-corrected chi connectivity index (χ0v) is 23.9. The molecule has 3 heterocycles. The quantitative estimate of drug-likeness (QED) is 0.273. The van der Waals surface area contributed by atoms with Crippen LogP contribution >= 0.6 is 34.7 Å². The summed E-state index contributed by atoms with van der Waals surface area (Å²) in [4.78, 5) is 29.4. The van der Waals surface area contributed by atoms with Crippen LogP contribution in [0.15, 0.2) is 66.0 Å². The van der Waals surface area contributed by atoms with Crippen LogP contribution in [0, 0.1) is 6.92 Å². The Bertz CT molecular complexity index is 1450. The van der Waals surface area contributed by atoms with Crippen LogP contribution in [-0.2, 0) is 9.59 Å². The lowest BCUT2D eigenvalue weighted by atomic mass is 10.0. The molecule has 0 fully saturated rings. The van der Waals surface area contributed by atoms with Crippen molar-refractivity contribution in [1.29, 1.82) is 0 Å². The van der Waals surface area contributed by atoms with Gasteiger partial charge in [-0.2, -0.15) is 5.10 Å². The number of carbonyl (C=O) groups is 2. The highest BCUT2D eigenvalue weighted by Crippen LogP contribution is 2.49. The van der Waals surface area contributed by atoms with Crippen LogP contribution in [0.4, 0.5) is 5.82 Å². The number of rotatable bonds is 7. The van der Waals surface area contributed by atoms with Crippen molar-refractivity contribution in [3.05, 3.63) is 87.8 Å². The van der Waals surface area contributed by atoms with E-state index >= 15 is 0 Å². The number of amides is 2. The minimum atomic E-state index is -0.202. The molecule has 2 aromatic carbocycles. The van der Waals surface area contributed by atoms with Gasteiger partial charge in [-0.05, 0) is 61.5 Å². The second-order valence-corrected chi connectivity index (χ2v) is 11.9. The van der Waals surface area contributed by atoms with E-state index in [1.165, 1.54) is 11.8 Å². The van der Waals surface area contributed by atoms with Gasteiger partial charge in [0.05, 0.1) is 21.6 Å². The molecule has 2 atom stereocenters. The summed E-state index contributed by atoms with van der Waals surface area (Å²) in [5, 5.41) is 10.6. The fourth-order valence-electron chi connectivity index (χ4n) is 4.48. The number of benzene rings is 2. The molecule has 0 unspecified atom stereocenters. The Hall–Kier alpha value is -3.07. The zero-order chi connectivity index (χ0) is 26.8. The molecule has 0 saturated carbocycles. The number of nitrogens with zero attached hydrogens (tertiary/aromatic N) is 3. The van der Waals surface area contributed by atoms with Gasteiger partial charge >= 0.3 is 0 Å². The first-order valence-electron chi connectivity index (χ1n) is 12.6. The van der Waals surface area contributed by atoms with Crippen molar-refractivity contribution in [2.45, 2.75) is 38.5 Å². The lowest BCUT2D eigenvalue weighted by Crippen LogP contribution is -2.44. The van der Waals surface area contributed by atoms with E-state index in [2.05, 4.69) is 5.32 Å². The van der Waals surface area contributed by atoms with E-state index in [-0.39, 0.29) is 35.4 Å². The Morgan fingerprint density at radius 2 is 1.97 bits per heavy atom. The van der Waals surface area contributed by atoms with Gasteiger partial charge in [-0.15, -0.1) is 23.1 Å². The summed E-state index contributed by atoms with van der Waals surface area (Å²) in [6, 6.07) is 19.8. The van der Waals surface area contributed by atoms with Crippen molar-refractivity contribution in [3.8, 4) is 16.3 Å². The van der Waals surface area contributed by atoms with Gasteiger partial charge in [0.25, 0.3) is 0 Å². The zero-order valence-electron chi connectivity index (χ0n) is 21.5. The number of thioether (sulfide) groups is 1. The average molecular weight is 565 g/mol. The molecule has 6 nitrogen and oxygen atoms in total. The minimum absolute atomic E-state index is 0.0151. The third kappa shape index (κ3) is 5.39. The van der Waals surface area contributed by atoms with Gasteiger partial charge in [0.2, 0.25) is 11.8 Å². The average Bonchev–Trinajstić information content (AvgIpc) is 3.54. The monoisotopic (exact) mass is 564 g/mol. The van der Waals surface area contributed by atoms with Crippen LogP contribution in [0.5, 0.6) is 0 Å². The maximum Gasteiger partial charge on any atom is 0.240 e. The molecule has 1 aliphatic rings. The number of hydrogen-bond donors (Lipinski definition) is 1. The van der Waals surface area contributed by atoms with E-state index in [1.807, 2.05) is 91.5 Å². The normalized spacial score (nSPS) is 16.2. The third-order valence-electron chi connectivity index (χ3n) is 6.60. The van der Waals surface area contributed by atoms with Crippen molar-refractivity contribution >= 4 is 52.3 Å². The number of nitrogens with one attached hydrogen (secondary N) is 1. The van der Waals surface area contributed by atoms with Crippen LogP contribution < -0.4 is 10.2 Å². The molecule has 0 radical (unpaired) electrons. The Morgan fingerprint density at radius 1 is 1.18 bits per heavy atom. The number of thiophene rings is 1. The standard InChI is InChI=1S/C29H29ClN4O2S2/c1-4-19(3)31-24(35)16-33-25(36)17-38-28(20-7-5-8-21(30)15-20)26-27(23-9-6-14-37-23)32-34(29(26)33)22-12-10-18(2)11-13-22/h5-15,19,28H,4,16-17H2,1-3H3,(H,31,35)/t19-,28+/m1/s1. The van der Waals surface area contributed by atoms with E-state index in [4.69, 9.17) is 16.7 Å². The smallest absolute Gasteiger partial charge is 0.240 e. The van der Waals surface area contributed by atoms with Gasteiger partial charge in [-0.1, -0.05) is 54.4 Å². The van der Waals surface area contributed by atoms with Gasteiger partial charge in [0, 0.05) is 16.6 Å². The molecule has 1 N–H and O–H groups in total. The number of hydrogen-bond acceptors (Lipinski definition) is 5. The second-order valence-electron chi connectivity index (χ2n) is 9.41. The van der Waals surface area contributed by atoms with Crippen molar-refractivity contribution in [1.82, 2.24) is 15.1 Å². The van der Waals surface area contributed by atoms with Crippen molar-refractivity contribution in [2.75, 3.05) is 17.2 Å². The molecule has 0 bridgehead atoms. The first kappa shape index (κ1) is 26.5. The maximum absolute atomic E-state index is 13.7. The van der Waals surface area contributed by atoms with Gasteiger partial charge in [0.1, 0.15) is 18.1 Å². The number of aromatic nitrogens is 2. The second kappa shape index (κ2) is 11.4. The number of fused-ring (bicyclic) bond motifs is 1. The highest BCUT2D eigenvalue weighted by atomic mass is 35.5. The molecule has 4 aromatic rings. The number of halogens is 1. The van der Waals surface area contributed by atoms with Gasteiger partial charge in [0.15, 0.2) is 0 Å². The first-order chi connectivity index (χ1) is 18.4. The molecule has 1 aliphatic heterocycles. The number of carbonyl (C=O) groups excluding carboxylic acids is 2. The van der Waals surface area contributed by atoms with E-state index < -0.39 is 0 Å². The molecular formula is C29H29ClN4O2S2. The van der Waals surface area contributed by atoms with Crippen LogP contribution in [0.3, 0.4) is 0 Å². The summed E-state index contributed by atoms with van der Waals surface area (Å²) in [5.41, 5.74) is 4.64. The largest absolute Gasteiger partial charge is 0.352 e. The summed E-state index contributed by atoms with van der Waals surface area (Å²) in [7, 11) is 0. The van der Waals surface area contributed by atoms with Crippen molar-refractivity contribution < 1.29 is 9.59 Å². The molecule has 9 heteroatoms. The van der Waals surface area contributed by atoms with Crippen molar-refractivity contribution in [2.24, 2.45) is 0 Å². The molecule has 2 aromatic heterocycles. The van der Waals surface area contributed by atoms with Crippen LogP contribution in [0.2, 0.25) is 5.02 Å². The van der Waals surface area contributed by atoms with Gasteiger partial charge < -0.3 is 5.32 Å². The maximum atomic E-state index is 13.7. The molecule has 0 aliphatic carbocycles. The molecule has 196 valence electrons. The number of anilines is 1. The molecule has 5 rings (SSSR count). The molecule has 38 heavy (non-hydrogen) atoms. The van der Waals surface area contributed by atoms with Crippen LogP contribution in [0.1, 0.15) is 42.2 Å². The van der Waals surface area contributed by atoms with E-state index in [0.717, 1.165) is 39.4 Å². The minimum Gasteiger partial charge on any atom is -0.352 e. The predicted molar refractivity (Wildman–Crippen MR) is 158 cm³/mol. The van der Waals surface area contributed by atoms with Gasteiger partial charge in [-0.3, -0.25) is 14.5 Å². The third-order valence-corrected chi connectivity index (χ3v) is 8.96. The van der Waals surface area contributed by atoms with E-state index in [0.29, 0.717) is 10.8 Å². The highest BCUT2D eigenvalue weighted by molar-refractivity contribution is 8.00. The summed E-state index contributed by atoms with van der Waals surface area (Å²) >= 11 is 9.56. The summed E-state index contributed by atoms with van der Waals surface area (Å²) in [5.74, 6) is 0.516. The molecule has 0 saturated heterocycles. The van der Waals surface area contributed by atoms with Crippen LogP contribution in [-0.4, -0.2) is 39.9 Å². The Kier molecular flexibility index (Phi) is 7.93. The fourth-order valence-corrected chi connectivity index (χ4v) is 6.59. The van der Waals surface area contributed by atoms with Crippen molar-refractivity contribution in [3.63, 3.8) is 0 Å². The SMILES string of the molecule is CC[C@@H](C)NC(=O)CN1C(=O)CS[C@@H](c2cccc(Cl)c2)c2c(-c3cccs3)nn(-c3ccc(C)cc3)c21. The Balaban J connectivity index is 1.76. The van der Waals surface area contributed by atoms with Crippen LogP contribution in [0.25, 0.3) is 16.3 Å². The molecule has 2 amide bonds. The topological polar surface area (TPSA) is 67.2 Å². The Morgan fingerprint density at radius 3 is 2.66 bits per heavy atom. The molecular weight excluding hydrogens is 536 g/mol. The highest BCUT2D eigenvalue weighted by Gasteiger charge is 2.38. The molecule has 0 spiro atoms. The lowest BCUT2D eigenvalue weighted by molar-refractivity contribution is -0.123. The van der Waals surface area contributed by atoms with E-state index in [1.54, 1.807) is 16.2 Å². The summed E-state index contributed by atoms with van der Waals surface area (Å²) in [6.45, 7) is 5.93. The predicted octanol–water partition coefficient (Wildman–Crippen LogP) is 6.65. The lowest BCUT2D eigenvalue weighted by Gasteiger charge is -2.24. The summed E-state index contributed by atoms with van der Waals surface area (Å²) < 4.78 is 1.82. The number of aryl methyl sites for hydroxylation is 1. The van der Waals surface area contributed by atoms with E-state index in [9.17, 15) is 9.59 Å². The fraction of sp³-hybridized carbons (Fsp3) is 0.276. The van der Waals surface area contributed by atoms with Gasteiger partial charge in [-0.25, -0.2) is 4.68 Å². The Labute approximate surface area is 236 Å². The first-order valence-corrected chi connectivity index (χ1v) is 14.9.